The van der Waals surface area contributed by atoms with Crippen molar-refractivity contribution in [2.75, 3.05) is 18.6 Å². The van der Waals surface area contributed by atoms with Crippen molar-refractivity contribution in [2.45, 2.75) is 24.8 Å². The van der Waals surface area contributed by atoms with Crippen LogP contribution in [-0.2, 0) is 14.3 Å². The van der Waals surface area contributed by atoms with Crippen molar-refractivity contribution < 1.29 is 14.3 Å². The molecule has 0 saturated carbocycles. The standard InChI is InChI=1S/C20H21BrCl2N2O3/c1-3-27-19(17(21)13-9-11-14(22)12-10-13)18(20(26)28-4-2)25-24-16-8-6-5-7-15(16)23/h5-12,17,19,24H,3-4H2,1-2H3/b25-18-. The van der Waals surface area contributed by atoms with E-state index in [4.69, 9.17) is 32.7 Å². The maximum atomic E-state index is 12.6. The predicted octanol–water partition coefficient (Wildman–Crippen LogP) is 5.87. The Balaban J connectivity index is 2.38. The molecule has 0 saturated heterocycles. The summed E-state index contributed by atoms with van der Waals surface area (Å²) >= 11 is 15.8. The van der Waals surface area contributed by atoms with Crippen LogP contribution >= 0.6 is 39.1 Å². The van der Waals surface area contributed by atoms with E-state index in [2.05, 4.69) is 26.5 Å². The van der Waals surface area contributed by atoms with Crippen LogP contribution in [-0.4, -0.2) is 31.0 Å². The van der Waals surface area contributed by atoms with Crippen LogP contribution in [0.1, 0.15) is 24.2 Å². The van der Waals surface area contributed by atoms with E-state index in [-0.39, 0.29) is 17.1 Å². The minimum atomic E-state index is -0.694. The van der Waals surface area contributed by atoms with Crippen LogP contribution in [0.4, 0.5) is 5.69 Å². The monoisotopic (exact) mass is 486 g/mol. The normalized spacial score (nSPS) is 13.7. The number of hydrazone groups is 1. The summed E-state index contributed by atoms with van der Waals surface area (Å²) in [5.41, 5.74) is 4.39. The Morgan fingerprint density at radius 1 is 1.11 bits per heavy atom. The summed E-state index contributed by atoms with van der Waals surface area (Å²) < 4.78 is 11.0. The Bertz CT molecular complexity index is 815. The third kappa shape index (κ3) is 6.21. The molecule has 150 valence electrons. The quantitative estimate of drug-likeness (QED) is 0.208. The lowest BCUT2D eigenvalue weighted by Gasteiger charge is -2.23. The van der Waals surface area contributed by atoms with E-state index in [0.29, 0.717) is 22.3 Å². The second-order valence-corrected chi connectivity index (χ2v) is 7.47. The van der Waals surface area contributed by atoms with E-state index in [1.165, 1.54) is 0 Å². The highest BCUT2D eigenvalue weighted by molar-refractivity contribution is 9.09. The predicted molar refractivity (Wildman–Crippen MR) is 118 cm³/mol. The van der Waals surface area contributed by atoms with Gasteiger partial charge in [-0.1, -0.05) is 63.4 Å². The number of carbonyl (C=O) groups is 1. The third-order valence-corrected chi connectivity index (χ3v) is 5.32. The summed E-state index contributed by atoms with van der Waals surface area (Å²) in [4.78, 5) is 12.3. The molecule has 0 amide bonds. The van der Waals surface area contributed by atoms with Gasteiger partial charge < -0.3 is 9.47 Å². The van der Waals surface area contributed by atoms with Gasteiger partial charge in [0.25, 0.3) is 0 Å². The van der Waals surface area contributed by atoms with E-state index in [0.717, 1.165) is 5.56 Å². The zero-order valence-electron chi connectivity index (χ0n) is 15.5. The van der Waals surface area contributed by atoms with Gasteiger partial charge in [-0.15, -0.1) is 0 Å². The Hall–Kier alpha value is -1.60. The van der Waals surface area contributed by atoms with E-state index in [9.17, 15) is 4.79 Å². The highest BCUT2D eigenvalue weighted by atomic mass is 79.9. The van der Waals surface area contributed by atoms with Crippen molar-refractivity contribution in [3.8, 4) is 0 Å². The zero-order chi connectivity index (χ0) is 20.5. The number of para-hydroxylation sites is 1. The van der Waals surface area contributed by atoms with Crippen molar-refractivity contribution in [3.63, 3.8) is 0 Å². The second kappa shape index (κ2) is 11.4. The van der Waals surface area contributed by atoms with Gasteiger partial charge in [-0.3, -0.25) is 5.43 Å². The van der Waals surface area contributed by atoms with Crippen LogP contribution in [0.15, 0.2) is 53.6 Å². The number of carbonyl (C=O) groups excluding carboxylic acids is 1. The number of hydrogen-bond acceptors (Lipinski definition) is 5. The zero-order valence-corrected chi connectivity index (χ0v) is 18.6. The molecule has 0 bridgehead atoms. The highest BCUT2D eigenvalue weighted by Gasteiger charge is 2.32. The molecule has 2 rings (SSSR count). The molecule has 0 heterocycles. The van der Waals surface area contributed by atoms with Gasteiger partial charge in [0.15, 0.2) is 5.71 Å². The van der Waals surface area contributed by atoms with Crippen LogP contribution in [0, 0.1) is 0 Å². The minimum absolute atomic E-state index is 0.0976. The summed E-state index contributed by atoms with van der Waals surface area (Å²) in [6.07, 6.45) is -0.694. The topological polar surface area (TPSA) is 59.9 Å². The molecular formula is C20H21BrCl2N2O3. The second-order valence-electron chi connectivity index (χ2n) is 5.64. The lowest BCUT2D eigenvalue weighted by Crippen LogP contribution is -2.36. The van der Waals surface area contributed by atoms with Gasteiger partial charge >= 0.3 is 5.97 Å². The molecule has 2 aromatic rings. The van der Waals surface area contributed by atoms with Gasteiger partial charge in [0, 0.05) is 11.6 Å². The Morgan fingerprint density at radius 3 is 2.39 bits per heavy atom. The van der Waals surface area contributed by atoms with Gasteiger partial charge in [0.1, 0.15) is 6.10 Å². The molecule has 0 aliphatic carbocycles. The number of nitrogens with zero attached hydrogens (tertiary/aromatic N) is 1. The molecule has 8 heteroatoms. The smallest absolute Gasteiger partial charge is 0.357 e. The molecular weight excluding hydrogens is 467 g/mol. The summed E-state index contributed by atoms with van der Waals surface area (Å²) in [6.45, 7) is 4.18. The molecule has 2 atom stereocenters. The number of hydrogen-bond donors (Lipinski definition) is 1. The number of nitrogens with one attached hydrogen (secondary N) is 1. The molecule has 0 spiro atoms. The van der Waals surface area contributed by atoms with Crippen molar-refractivity contribution in [3.05, 3.63) is 64.1 Å². The molecule has 2 aromatic carbocycles. The molecule has 0 radical (unpaired) electrons. The third-order valence-electron chi connectivity index (χ3n) is 3.73. The number of halogens is 3. The molecule has 28 heavy (non-hydrogen) atoms. The maximum absolute atomic E-state index is 12.6. The summed E-state index contributed by atoms with van der Waals surface area (Å²) in [5.74, 6) is -0.570. The first-order valence-electron chi connectivity index (χ1n) is 8.74. The van der Waals surface area contributed by atoms with Gasteiger partial charge in [-0.05, 0) is 43.7 Å². The average molecular weight is 488 g/mol. The van der Waals surface area contributed by atoms with Gasteiger partial charge in [0.2, 0.25) is 0 Å². The van der Waals surface area contributed by atoms with Gasteiger partial charge in [0.05, 0.1) is 22.1 Å². The van der Waals surface area contributed by atoms with E-state index < -0.39 is 12.1 Å². The Morgan fingerprint density at radius 2 is 1.79 bits per heavy atom. The fourth-order valence-electron chi connectivity index (χ4n) is 2.41. The largest absolute Gasteiger partial charge is 0.461 e. The van der Waals surface area contributed by atoms with Crippen LogP contribution in [0.25, 0.3) is 0 Å². The SMILES string of the molecule is CCOC(=O)/C(=N\Nc1ccccc1Cl)C(OCC)C(Br)c1ccc(Cl)cc1. The summed E-state index contributed by atoms with van der Waals surface area (Å²) in [7, 11) is 0. The van der Waals surface area contributed by atoms with Crippen LogP contribution in [0.5, 0.6) is 0 Å². The van der Waals surface area contributed by atoms with Crippen LogP contribution in [0.2, 0.25) is 10.0 Å². The summed E-state index contributed by atoms with van der Waals surface area (Å²) in [6, 6.07) is 14.4. The first-order chi connectivity index (χ1) is 13.5. The molecule has 1 N–H and O–H groups in total. The number of benzene rings is 2. The lowest BCUT2D eigenvalue weighted by atomic mass is 10.0. The number of anilines is 1. The van der Waals surface area contributed by atoms with Gasteiger partial charge in [-0.25, -0.2) is 4.79 Å². The Labute approximate surface area is 183 Å². The number of esters is 1. The first kappa shape index (κ1) is 22.7. The van der Waals surface area contributed by atoms with Crippen LogP contribution < -0.4 is 5.43 Å². The molecule has 0 aliphatic heterocycles. The average Bonchev–Trinajstić information content (AvgIpc) is 2.69. The van der Waals surface area contributed by atoms with Crippen molar-refractivity contribution in [1.82, 2.24) is 0 Å². The van der Waals surface area contributed by atoms with Crippen molar-refractivity contribution in [1.29, 1.82) is 0 Å². The van der Waals surface area contributed by atoms with Crippen molar-refractivity contribution in [2.24, 2.45) is 5.10 Å². The fraction of sp³-hybridized carbons (Fsp3) is 0.300. The van der Waals surface area contributed by atoms with Crippen LogP contribution in [0.3, 0.4) is 0 Å². The minimum Gasteiger partial charge on any atom is -0.461 e. The van der Waals surface area contributed by atoms with E-state index in [1.807, 2.05) is 31.2 Å². The molecule has 0 fully saturated rings. The molecule has 0 aliphatic rings. The summed E-state index contributed by atoms with van der Waals surface area (Å²) in [5, 5.41) is 5.39. The Kier molecular flexibility index (Phi) is 9.25. The maximum Gasteiger partial charge on any atom is 0.357 e. The lowest BCUT2D eigenvalue weighted by molar-refractivity contribution is -0.135. The number of rotatable bonds is 9. The number of ether oxygens (including phenoxy) is 2. The number of alkyl halides is 1. The first-order valence-corrected chi connectivity index (χ1v) is 10.4. The van der Waals surface area contributed by atoms with Gasteiger partial charge in [-0.2, -0.15) is 5.10 Å². The van der Waals surface area contributed by atoms with E-state index in [1.54, 1.807) is 31.2 Å². The van der Waals surface area contributed by atoms with E-state index >= 15 is 0 Å². The fourth-order valence-corrected chi connectivity index (χ4v) is 3.42. The van der Waals surface area contributed by atoms with Crippen molar-refractivity contribution >= 4 is 56.5 Å². The molecule has 2 unspecified atom stereocenters. The molecule has 5 nitrogen and oxygen atoms in total. The highest BCUT2D eigenvalue weighted by Crippen LogP contribution is 2.31. The molecule has 0 aromatic heterocycles.